The number of rotatable bonds is 10. The number of aliphatic hydroxyl groups excluding tert-OH is 1. The Kier molecular flexibility index (Phi) is 8.65. The predicted molar refractivity (Wildman–Crippen MR) is 120 cm³/mol. The minimum atomic E-state index is -1.42. The van der Waals surface area contributed by atoms with Crippen molar-refractivity contribution in [1.29, 1.82) is 0 Å². The fourth-order valence-electron chi connectivity index (χ4n) is 4.45. The van der Waals surface area contributed by atoms with Gasteiger partial charge in [-0.3, -0.25) is 9.59 Å². The quantitative estimate of drug-likeness (QED) is 0.446. The summed E-state index contributed by atoms with van der Waals surface area (Å²) in [5.74, 6) is -1.39. The minimum absolute atomic E-state index is 0.153. The van der Waals surface area contributed by atoms with Gasteiger partial charge in [0.1, 0.15) is 5.41 Å². The van der Waals surface area contributed by atoms with Crippen molar-refractivity contribution >= 4 is 11.9 Å². The number of nitrogens with one attached hydrogen (secondary N) is 1. The summed E-state index contributed by atoms with van der Waals surface area (Å²) < 4.78 is 0. The molecule has 2 rings (SSSR count). The first-order valence-corrected chi connectivity index (χ1v) is 11.0. The Morgan fingerprint density at radius 3 is 2.30 bits per heavy atom. The second-order valence-corrected chi connectivity index (χ2v) is 9.05. The van der Waals surface area contributed by atoms with Gasteiger partial charge in [-0.1, -0.05) is 46.6 Å². The molecule has 1 fully saturated rings. The van der Waals surface area contributed by atoms with E-state index in [1.54, 1.807) is 0 Å². The molecule has 0 aromatic carbocycles. The maximum atomic E-state index is 11.9. The van der Waals surface area contributed by atoms with Gasteiger partial charge < -0.3 is 15.5 Å². The van der Waals surface area contributed by atoms with Gasteiger partial charge in [-0.2, -0.15) is 0 Å². The topological polar surface area (TPSA) is 86.6 Å². The van der Waals surface area contributed by atoms with Gasteiger partial charge in [0.05, 0.1) is 12.1 Å². The molecule has 0 saturated carbocycles. The Bertz CT molecular complexity index is 770. The molecule has 30 heavy (non-hydrogen) atoms. The molecule has 2 aliphatic rings. The fourth-order valence-corrected chi connectivity index (χ4v) is 4.45. The van der Waals surface area contributed by atoms with Crippen molar-refractivity contribution in [1.82, 2.24) is 5.32 Å². The van der Waals surface area contributed by atoms with Gasteiger partial charge in [0.2, 0.25) is 5.91 Å². The Labute approximate surface area is 180 Å². The van der Waals surface area contributed by atoms with Crippen LogP contribution in [0.2, 0.25) is 0 Å². The van der Waals surface area contributed by atoms with E-state index in [2.05, 4.69) is 51.2 Å². The number of aliphatic hydroxyl groups is 1. The highest BCUT2D eigenvalue weighted by atomic mass is 16.4. The maximum absolute atomic E-state index is 11.9. The summed E-state index contributed by atoms with van der Waals surface area (Å²) in [4.78, 5) is 23.8. The van der Waals surface area contributed by atoms with Crippen LogP contribution in [0.15, 0.2) is 46.6 Å². The Hall–Kier alpha value is -2.14. The zero-order valence-electron chi connectivity index (χ0n) is 18.8. The SMILES string of the molecule is CC(C)=CCC/C(C)=C/CC/C(C)=C/CCC1=CC[C@@H](O)[C@@]2(C(=O)O)CC(=O)N[C@@H]12. The number of carboxylic acid groups (broad SMARTS) is 1. The number of carbonyl (C=O) groups is 2. The third kappa shape index (κ3) is 5.94. The van der Waals surface area contributed by atoms with Gasteiger partial charge in [-0.25, -0.2) is 0 Å². The molecule has 0 spiro atoms. The molecule has 5 nitrogen and oxygen atoms in total. The summed E-state index contributed by atoms with van der Waals surface area (Å²) in [5.41, 5.74) is 3.61. The predicted octanol–water partition coefficient (Wildman–Crippen LogP) is 4.84. The van der Waals surface area contributed by atoms with Gasteiger partial charge in [0.15, 0.2) is 0 Å². The molecule has 1 amide bonds. The third-order valence-electron chi connectivity index (χ3n) is 6.29. The highest BCUT2D eigenvalue weighted by Crippen LogP contribution is 2.45. The summed E-state index contributed by atoms with van der Waals surface area (Å²) >= 11 is 0. The van der Waals surface area contributed by atoms with Crippen LogP contribution in [-0.4, -0.2) is 34.2 Å². The van der Waals surface area contributed by atoms with Gasteiger partial charge in [0.25, 0.3) is 0 Å². The second kappa shape index (κ2) is 10.8. The van der Waals surface area contributed by atoms with Gasteiger partial charge >= 0.3 is 5.97 Å². The Morgan fingerprint density at radius 2 is 1.70 bits per heavy atom. The first-order valence-electron chi connectivity index (χ1n) is 11.0. The number of carboxylic acids is 1. The van der Waals surface area contributed by atoms with Crippen LogP contribution in [0.4, 0.5) is 0 Å². The number of carbonyl (C=O) groups excluding carboxylic acids is 1. The molecular formula is C25H37NO4. The van der Waals surface area contributed by atoms with E-state index in [-0.39, 0.29) is 18.7 Å². The first kappa shape index (κ1) is 24.1. The van der Waals surface area contributed by atoms with E-state index in [0.717, 1.165) is 37.7 Å². The van der Waals surface area contributed by atoms with E-state index in [1.807, 2.05) is 6.08 Å². The van der Waals surface area contributed by atoms with Gasteiger partial charge in [-0.05, 0) is 72.6 Å². The molecule has 0 aromatic heterocycles. The van der Waals surface area contributed by atoms with E-state index in [1.165, 1.54) is 16.7 Å². The number of aliphatic carboxylic acids is 1. The van der Waals surface area contributed by atoms with Crippen LogP contribution < -0.4 is 5.32 Å². The van der Waals surface area contributed by atoms with Gasteiger partial charge in [0, 0.05) is 6.42 Å². The van der Waals surface area contributed by atoms with Crippen molar-refractivity contribution in [3.05, 3.63) is 46.6 Å². The molecule has 1 aliphatic carbocycles. The van der Waals surface area contributed by atoms with E-state index < -0.39 is 23.5 Å². The van der Waals surface area contributed by atoms with Crippen molar-refractivity contribution < 1.29 is 19.8 Å². The van der Waals surface area contributed by atoms with Crippen molar-refractivity contribution in [3.8, 4) is 0 Å². The number of allylic oxidation sites excluding steroid dienone is 6. The summed E-state index contributed by atoms with van der Waals surface area (Å²) in [6, 6.07) is -0.605. The summed E-state index contributed by atoms with van der Waals surface area (Å²) in [5, 5.41) is 22.9. The molecular weight excluding hydrogens is 378 g/mol. The monoisotopic (exact) mass is 415 g/mol. The first-order chi connectivity index (χ1) is 14.2. The molecule has 0 radical (unpaired) electrons. The number of hydrogen-bond donors (Lipinski definition) is 3. The maximum Gasteiger partial charge on any atom is 0.315 e. The molecule has 0 unspecified atom stereocenters. The highest BCUT2D eigenvalue weighted by molar-refractivity contribution is 5.91. The number of fused-ring (bicyclic) bond motifs is 1. The molecule has 5 heteroatoms. The lowest BCUT2D eigenvalue weighted by atomic mass is 9.67. The fraction of sp³-hybridized carbons (Fsp3) is 0.600. The van der Waals surface area contributed by atoms with Crippen LogP contribution in [0.5, 0.6) is 0 Å². The van der Waals surface area contributed by atoms with E-state index in [0.29, 0.717) is 6.42 Å². The van der Waals surface area contributed by atoms with Crippen LogP contribution in [0.1, 0.15) is 79.1 Å². The van der Waals surface area contributed by atoms with Crippen LogP contribution in [-0.2, 0) is 9.59 Å². The van der Waals surface area contributed by atoms with Crippen LogP contribution in [0, 0.1) is 5.41 Å². The molecule has 166 valence electrons. The number of amides is 1. The number of hydrogen-bond acceptors (Lipinski definition) is 3. The largest absolute Gasteiger partial charge is 0.481 e. The van der Waals surface area contributed by atoms with Crippen LogP contribution in [0.3, 0.4) is 0 Å². The lowest BCUT2D eigenvalue weighted by Crippen LogP contribution is -2.53. The smallest absolute Gasteiger partial charge is 0.315 e. The van der Waals surface area contributed by atoms with Crippen molar-refractivity contribution in [2.24, 2.45) is 5.41 Å². The third-order valence-corrected chi connectivity index (χ3v) is 6.29. The molecule has 0 aromatic rings. The Balaban J connectivity index is 1.86. The standard InChI is InChI=1S/C25H37NO4/c1-17(2)8-5-9-18(3)10-6-11-19(4)12-7-13-20-14-15-21(27)25(24(29)30)16-22(28)26-23(20)25/h8,10,12,14,21,23,27H,5-7,9,11,13,15-16H2,1-4H3,(H,26,28)(H,29,30)/b18-10+,19-12+/t21-,23+,25+/m1/s1. The Morgan fingerprint density at radius 1 is 1.10 bits per heavy atom. The lowest BCUT2D eigenvalue weighted by molar-refractivity contribution is -0.158. The molecule has 0 bridgehead atoms. The van der Waals surface area contributed by atoms with Gasteiger partial charge in [-0.15, -0.1) is 0 Å². The molecule has 1 aliphatic heterocycles. The molecule has 1 heterocycles. The zero-order chi connectivity index (χ0) is 22.3. The van der Waals surface area contributed by atoms with Crippen molar-refractivity contribution in [3.63, 3.8) is 0 Å². The zero-order valence-corrected chi connectivity index (χ0v) is 18.8. The summed E-state index contributed by atoms with van der Waals surface area (Å²) in [6.45, 7) is 8.57. The molecule has 3 N–H and O–H groups in total. The molecule has 1 saturated heterocycles. The average molecular weight is 416 g/mol. The van der Waals surface area contributed by atoms with E-state index in [4.69, 9.17) is 0 Å². The summed E-state index contributed by atoms with van der Waals surface area (Å²) in [7, 11) is 0. The van der Waals surface area contributed by atoms with E-state index in [9.17, 15) is 19.8 Å². The second-order valence-electron chi connectivity index (χ2n) is 9.05. The average Bonchev–Trinajstić information content (AvgIpc) is 3.03. The van der Waals surface area contributed by atoms with Crippen molar-refractivity contribution in [2.45, 2.75) is 91.2 Å². The van der Waals surface area contributed by atoms with Crippen LogP contribution >= 0.6 is 0 Å². The normalized spacial score (nSPS) is 26.7. The van der Waals surface area contributed by atoms with E-state index >= 15 is 0 Å². The van der Waals surface area contributed by atoms with Crippen LogP contribution in [0.25, 0.3) is 0 Å². The summed E-state index contributed by atoms with van der Waals surface area (Å²) in [6.07, 6.45) is 13.5. The van der Waals surface area contributed by atoms with Crippen molar-refractivity contribution in [2.75, 3.05) is 0 Å². The molecule has 3 atom stereocenters. The minimum Gasteiger partial charge on any atom is -0.481 e. The lowest BCUT2D eigenvalue weighted by Gasteiger charge is -2.38. The highest BCUT2D eigenvalue weighted by Gasteiger charge is 2.59.